The van der Waals surface area contributed by atoms with Gasteiger partial charge in [0.15, 0.2) is 0 Å². The Hall–Kier alpha value is -1.32. The Labute approximate surface area is 115 Å². The van der Waals surface area contributed by atoms with E-state index in [1.54, 1.807) is 0 Å². The highest BCUT2D eigenvalue weighted by Gasteiger charge is 2.16. The van der Waals surface area contributed by atoms with Crippen LogP contribution in [0, 0.1) is 20.8 Å². The Bertz CT molecular complexity index is 592. The molecule has 0 aliphatic carbocycles. The summed E-state index contributed by atoms with van der Waals surface area (Å²) in [7, 11) is 0. The Balaban J connectivity index is 2.02. The maximum Gasteiger partial charge on any atom is 0.0491 e. The number of aromatic nitrogens is 1. The second-order valence-electron chi connectivity index (χ2n) is 5.70. The van der Waals surface area contributed by atoms with Crippen molar-refractivity contribution >= 4 is 10.9 Å². The Kier molecular flexibility index (Phi) is 3.33. The number of hydrogen-bond acceptors (Lipinski definition) is 2. The molecule has 0 spiro atoms. The van der Waals surface area contributed by atoms with Crippen molar-refractivity contribution in [1.29, 1.82) is 0 Å². The molecule has 2 aromatic rings. The van der Waals surface area contributed by atoms with Crippen LogP contribution in [0.1, 0.15) is 22.4 Å². The molecule has 102 valence electrons. The van der Waals surface area contributed by atoms with Gasteiger partial charge in [-0.25, -0.2) is 0 Å². The minimum absolute atomic E-state index is 1.07. The smallest absolute Gasteiger partial charge is 0.0491 e. The second-order valence-corrected chi connectivity index (χ2v) is 5.70. The highest BCUT2D eigenvalue weighted by atomic mass is 15.2. The van der Waals surface area contributed by atoms with Gasteiger partial charge in [0.05, 0.1) is 0 Å². The molecule has 0 atom stereocenters. The molecule has 0 unspecified atom stereocenters. The number of fused-ring (bicyclic) bond motifs is 1. The van der Waals surface area contributed by atoms with Gasteiger partial charge in [-0.1, -0.05) is 12.1 Å². The Morgan fingerprint density at radius 3 is 2.47 bits per heavy atom. The molecule has 3 heteroatoms. The molecule has 1 aromatic carbocycles. The maximum atomic E-state index is 3.58. The molecule has 1 fully saturated rings. The number of rotatable bonds is 2. The van der Waals surface area contributed by atoms with Gasteiger partial charge in [-0.15, -0.1) is 0 Å². The monoisotopic (exact) mass is 257 g/mol. The van der Waals surface area contributed by atoms with E-state index in [0.717, 1.165) is 32.7 Å². The summed E-state index contributed by atoms with van der Waals surface area (Å²) in [4.78, 5) is 6.13. The number of aromatic amines is 1. The van der Waals surface area contributed by atoms with Crippen molar-refractivity contribution in [3.05, 3.63) is 34.5 Å². The van der Waals surface area contributed by atoms with E-state index in [1.807, 2.05) is 0 Å². The van der Waals surface area contributed by atoms with E-state index in [1.165, 1.54) is 33.3 Å². The Morgan fingerprint density at radius 2 is 1.74 bits per heavy atom. The fourth-order valence-corrected chi connectivity index (χ4v) is 3.10. The number of nitrogens with zero attached hydrogens (tertiary/aromatic N) is 1. The van der Waals surface area contributed by atoms with Crippen molar-refractivity contribution in [3.63, 3.8) is 0 Å². The maximum absolute atomic E-state index is 3.58. The molecular weight excluding hydrogens is 234 g/mol. The van der Waals surface area contributed by atoms with Crippen LogP contribution in [-0.4, -0.2) is 36.1 Å². The zero-order valence-corrected chi connectivity index (χ0v) is 12.1. The summed E-state index contributed by atoms with van der Waals surface area (Å²) in [5, 5.41) is 4.86. The van der Waals surface area contributed by atoms with Crippen LogP contribution >= 0.6 is 0 Å². The van der Waals surface area contributed by atoms with Crippen molar-refractivity contribution in [1.82, 2.24) is 15.2 Å². The van der Waals surface area contributed by atoms with Gasteiger partial charge in [0, 0.05) is 49.3 Å². The normalized spacial score (nSPS) is 17.2. The van der Waals surface area contributed by atoms with Crippen LogP contribution in [0.3, 0.4) is 0 Å². The first-order valence-electron chi connectivity index (χ1n) is 7.17. The van der Waals surface area contributed by atoms with E-state index in [9.17, 15) is 0 Å². The first-order chi connectivity index (χ1) is 9.16. The van der Waals surface area contributed by atoms with Crippen molar-refractivity contribution in [2.24, 2.45) is 0 Å². The molecular formula is C16H23N3. The number of piperazine rings is 1. The lowest BCUT2D eigenvalue weighted by Gasteiger charge is -2.27. The van der Waals surface area contributed by atoms with Crippen molar-refractivity contribution in [2.45, 2.75) is 27.3 Å². The van der Waals surface area contributed by atoms with E-state index in [2.05, 4.69) is 48.1 Å². The lowest BCUT2D eigenvalue weighted by molar-refractivity contribution is 0.233. The average Bonchev–Trinajstić information content (AvgIpc) is 2.74. The minimum Gasteiger partial charge on any atom is -0.358 e. The summed E-state index contributed by atoms with van der Waals surface area (Å²) in [6, 6.07) is 4.45. The van der Waals surface area contributed by atoms with Crippen LogP contribution in [0.5, 0.6) is 0 Å². The number of aryl methyl sites for hydroxylation is 3. The van der Waals surface area contributed by atoms with Crippen molar-refractivity contribution in [3.8, 4) is 0 Å². The largest absolute Gasteiger partial charge is 0.358 e. The molecule has 3 nitrogen and oxygen atoms in total. The molecule has 2 N–H and O–H groups in total. The summed E-state index contributed by atoms with van der Waals surface area (Å²) in [6.07, 6.45) is 0. The lowest BCUT2D eigenvalue weighted by Crippen LogP contribution is -2.42. The number of benzene rings is 1. The van der Waals surface area contributed by atoms with Crippen LogP contribution in [-0.2, 0) is 6.54 Å². The summed E-state index contributed by atoms with van der Waals surface area (Å²) in [5.41, 5.74) is 6.86. The van der Waals surface area contributed by atoms with E-state index in [0.29, 0.717) is 0 Å². The number of hydrogen-bond donors (Lipinski definition) is 2. The third kappa shape index (κ3) is 2.28. The van der Waals surface area contributed by atoms with Crippen LogP contribution in [0.2, 0.25) is 0 Å². The number of nitrogens with one attached hydrogen (secondary N) is 2. The van der Waals surface area contributed by atoms with Crippen molar-refractivity contribution < 1.29 is 0 Å². The summed E-state index contributed by atoms with van der Waals surface area (Å²) in [6.45, 7) is 12.2. The molecule has 0 saturated carbocycles. The van der Waals surface area contributed by atoms with Gasteiger partial charge in [-0.3, -0.25) is 4.90 Å². The first-order valence-corrected chi connectivity index (χ1v) is 7.17. The average molecular weight is 257 g/mol. The number of H-pyrrole nitrogens is 1. The van der Waals surface area contributed by atoms with E-state index in [4.69, 9.17) is 0 Å². The molecule has 0 bridgehead atoms. The Morgan fingerprint density at radius 1 is 1.05 bits per heavy atom. The molecule has 3 rings (SSSR count). The predicted molar refractivity (Wildman–Crippen MR) is 80.7 cm³/mol. The quantitative estimate of drug-likeness (QED) is 0.866. The highest BCUT2D eigenvalue weighted by molar-refractivity contribution is 5.90. The van der Waals surface area contributed by atoms with Gasteiger partial charge >= 0.3 is 0 Å². The van der Waals surface area contributed by atoms with Crippen LogP contribution in [0.15, 0.2) is 12.1 Å². The lowest BCUT2D eigenvalue weighted by atomic mass is 10.0. The molecule has 1 aromatic heterocycles. The predicted octanol–water partition coefficient (Wildman–Crippen LogP) is 2.50. The van der Waals surface area contributed by atoms with Gasteiger partial charge in [0.2, 0.25) is 0 Å². The molecule has 2 heterocycles. The molecule has 1 aliphatic rings. The van der Waals surface area contributed by atoms with E-state index < -0.39 is 0 Å². The van der Waals surface area contributed by atoms with Gasteiger partial charge in [0.1, 0.15) is 0 Å². The van der Waals surface area contributed by atoms with E-state index in [-0.39, 0.29) is 0 Å². The van der Waals surface area contributed by atoms with Gasteiger partial charge in [-0.2, -0.15) is 0 Å². The summed E-state index contributed by atoms with van der Waals surface area (Å²) < 4.78 is 0. The zero-order valence-electron chi connectivity index (χ0n) is 12.1. The summed E-state index contributed by atoms with van der Waals surface area (Å²) >= 11 is 0. The fraction of sp³-hybridized carbons (Fsp3) is 0.500. The van der Waals surface area contributed by atoms with Gasteiger partial charge < -0.3 is 10.3 Å². The van der Waals surface area contributed by atoms with Crippen LogP contribution in [0.4, 0.5) is 0 Å². The molecule has 19 heavy (non-hydrogen) atoms. The van der Waals surface area contributed by atoms with Crippen molar-refractivity contribution in [2.75, 3.05) is 26.2 Å². The standard InChI is InChI=1S/C16H23N3/c1-11-4-5-12(2)16-15(11)14(13(3)18-16)10-19-8-6-17-7-9-19/h4-5,17-18H,6-10H2,1-3H3. The van der Waals surface area contributed by atoms with Crippen LogP contribution in [0.25, 0.3) is 10.9 Å². The van der Waals surface area contributed by atoms with E-state index >= 15 is 0 Å². The summed E-state index contributed by atoms with van der Waals surface area (Å²) in [5.74, 6) is 0. The molecule has 1 saturated heterocycles. The fourth-order valence-electron chi connectivity index (χ4n) is 3.10. The third-order valence-corrected chi connectivity index (χ3v) is 4.28. The SMILES string of the molecule is Cc1[nH]c2c(C)ccc(C)c2c1CN1CCNCC1. The first kappa shape index (κ1) is 12.7. The second kappa shape index (κ2) is 4.99. The third-order valence-electron chi connectivity index (χ3n) is 4.28. The van der Waals surface area contributed by atoms with Crippen LogP contribution < -0.4 is 5.32 Å². The van der Waals surface area contributed by atoms with Gasteiger partial charge in [-0.05, 0) is 37.5 Å². The molecule has 0 radical (unpaired) electrons. The highest BCUT2D eigenvalue weighted by Crippen LogP contribution is 2.29. The topological polar surface area (TPSA) is 31.1 Å². The molecule has 1 aliphatic heterocycles. The minimum atomic E-state index is 1.07. The molecule has 0 amide bonds. The van der Waals surface area contributed by atoms with Gasteiger partial charge in [0.25, 0.3) is 0 Å². The zero-order chi connectivity index (χ0) is 13.4.